The molecule has 1 heterocycles. The molecule has 3 aromatic rings. The third-order valence-corrected chi connectivity index (χ3v) is 4.02. The second kappa shape index (κ2) is 6.78. The number of aromatic carboxylic acids is 1. The van der Waals surface area contributed by atoms with Gasteiger partial charge < -0.3 is 10.1 Å². The molecule has 0 radical (unpaired) electrons. The standard InChI is InChI=1S/C18H14ClN3O3/c1-10-14-8-13(19)6-7-15(14)21-16(10)17(23)22-20-9-11-2-4-12(5-3-11)18(24)25/h2-9,21H,1H3,(H,22,23)(H,24,25). The van der Waals surface area contributed by atoms with Gasteiger partial charge in [-0.1, -0.05) is 23.7 Å². The number of carboxylic acid groups (broad SMARTS) is 1. The first-order valence-electron chi connectivity index (χ1n) is 7.40. The molecular formula is C18H14ClN3O3. The molecule has 3 N–H and O–H groups in total. The van der Waals surface area contributed by atoms with Crippen LogP contribution in [0.5, 0.6) is 0 Å². The predicted molar refractivity (Wildman–Crippen MR) is 96.5 cm³/mol. The topological polar surface area (TPSA) is 94.6 Å². The van der Waals surface area contributed by atoms with Crippen LogP contribution >= 0.6 is 11.6 Å². The summed E-state index contributed by atoms with van der Waals surface area (Å²) in [6, 6.07) is 11.5. The SMILES string of the molecule is Cc1c(C(=O)NN=Cc2ccc(C(=O)O)cc2)[nH]c2ccc(Cl)cc12. The highest BCUT2D eigenvalue weighted by Crippen LogP contribution is 2.24. The van der Waals surface area contributed by atoms with E-state index < -0.39 is 5.97 Å². The van der Waals surface area contributed by atoms with Crippen molar-refractivity contribution in [2.24, 2.45) is 5.10 Å². The fraction of sp³-hybridized carbons (Fsp3) is 0.0556. The van der Waals surface area contributed by atoms with E-state index in [2.05, 4.69) is 15.5 Å². The number of carboxylic acids is 1. The Kier molecular flexibility index (Phi) is 4.54. The number of H-pyrrole nitrogens is 1. The van der Waals surface area contributed by atoms with Crippen LogP contribution in [-0.4, -0.2) is 28.2 Å². The van der Waals surface area contributed by atoms with Crippen LogP contribution in [-0.2, 0) is 0 Å². The van der Waals surface area contributed by atoms with E-state index in [1.54, 1.807) is 24.3 Å². The van der Waals surface area contributed by atoms with Crippen LogP contribution in [0.3, 0.4) is 0 Å². The quantitative estimate of drug-likeness (QED) is 0.493. The number of hydrazone groups is 1. The summed E-state index contributed by atoms with van der Waals surface area (Å²) in [5.41, 5.74) is 5.33. The number of carbonyl (C=O) groups excluding carboxylic acids is 1. The highest BCUT2D eigenvalue weighted by molar-refractivity contribution is 6.31. The summed E-state index contributed by atoms with van der Waals surface area (Å²) in [7, 11) is 0. The van der Waals surface area contributed by atoms with Gasteiger partial charge >= 0.3 is 5.97 Å². The van der Waals surface area contributed by atoms with Crippen molar-refractivity contribution < 1.29 is 14.7 Å². The molecule has 126 valence electrons. The Bertz CT molecular complexity index is 991. The number of hydrogen-bond donors (Lipinski definition) is 3. The predicted octanol–water partition coefficient (Wildman–Crippen LogP) is 3.59. The van der Waals surface area contributed by atoms with Crippen molar-refractivity contribution >= 4 is 40.6 Å². The Morgan fingerprint density at radius 3 is 2.60 bits per heavy atom. The number of aromatic amines is 1. The molecule has 0 unspecified atom stereocenters. The fourth-order valence-electron chi connectivity index (χ4n) is 2.46. The van der Waals surface area contributed by atoms with E-state index in [0.29, 0.717) is 16.3 Å². The Hall–Kier alpha value is -3.12. The Balaban J connectivity index is 1.74. The second-order valence-electron chi connectivity index (χ2n) is 5.44. The maximum atomic E-state index is 12.3. The highest BCUT2D eigenvalue weighted by Gasteiger charge is 2.14. The third kappa shape index (κ3) is 3.54. The van der Waals surface area contributed by atoms with Crippen molar-refractivity contribution in [1.82, 2.24) is 10.4 Å². The number of aromatic nitrogens is 1. The van der Waals surface area contributed by atoms with Gasteiger partial charge in [0, 0.05) is 15.9 Å². The van der Waals surface area contributed by atoms with E-state index in [4.69, 9.17) is 16.7 Å². The first-order chi connectivity index (χ1) is 12.0. The molecule has 0 fully saturated rings. The van der Waals surface area contributed by atoms with Crippen LogP contribution in [0.25, 0.3) is 10.9 Å². The lowest BCUT2D eigenvalue weighted by molar-refractivity contribution is 0.0696. The van der Waals surface area contributed by atoms with Gasteiger partial charge in [-0.3, -0.25) is 4.79 Å². The highest BCUT2D eigenvalue weighted by atomic mass is 35.5. The van der Waals surface area contributed by atoms with Crippen LogP contribution < -0.4 is 5.43 Å². The molecule has 2 aromatic carbocycles. The number of fused-ring (bicyclic) bond motifs is 1. The molecule has 0 saturated heterocycles. The number of halogens is 1. The van der Waals surface area contributed by atoms with Crippen LogP contribution in [0.1, 0.15) is 32.0 Å². The van der Waals surface area contributed by atoms with Gasteiger partial charge in [0.25, 0.3) is 5.91 Å². The monoisotopic (exact) mass is 355 g/mol. The van der Waals surface area contributed by atoms with Crippen molar-refractivity contribution in [2.45, 2.75) is 6.92 Å². The molecule has 0 saturated carbocycles. The lowest BCUT2D eigenvalue weighted by Gasteiger charge is -1.99. The summed E-state index contributed by atoms with van der Waals surface area (Å²) in [5.74, 6) is -1.37. The van der Waals surface area contributed by atoms with Crippen molar-refractivity contribution in [1.29, 1.82) is 0 Å². The molecule has 0 spiro atoms. The second-order valence-corrected chi connectivity index (χ2v) is 5.88. The Morgan fingerprint density at radius 1 is 1.20 bits per heavy atom. The molecule has 0 atom stereocenters. The summed E-state index contributed by atoms with van der Waals surface area (Å²) >= 11 is 5.99. The molecule has 1 amide bonds. The van der Waals surface area contributed by atoms with E-state index >= 15 is 0 Å². The van der Waals surface area contributed by atoms with Gasteiger partial charge in [-0.15, -0.1) is 0 Å². The van der Waals surface area contributed by atoms with E-state index in [1.165, 1.54) is 18.3 Å². The first kappa shape index (κ1) is 16.7. The molecule has 25 heavy (non-hydrogen) atoms. The van der Waals surface area contributed by atoms with Gasteiger partial charge in [0.05, 0.1) is 11.8 Å². The minimum absolute atomic E-state index is 0.188. The Morgan fingerprint density at radius 2 is 1.92 bits per heavy atom. The minimum Gasteiger partial charge on any atom is -0.478 e. The molecule has 0 aliphatic carbocycles. The molecule has 0 aliphatic heterocycles. The van der Waals surface area contributed by atoms with E-state index in [-0.39, 0.29) is 11.5 Å². The fourth-order valence-corrected chi connectivity index (χ4v) is 2.63. The average molecular weight is 356 g/mol. The van der Waals surface area contributed by atoms with Crippen molar-refractivity contribution in [2.75, 3.05) is 0 Å². The molecule has 1 aromatic heterocycles. The number of aryl methyl sites for hydroxylation is 1. The summed E-state index contributed by atoms with van der Waals surface area (Å²) in [6.07, 6.45) is 1.44. The summed E-state index contributed by atoms with van der Waals surface area (Å²) in [4.78, 5) is 26.1. The third-order valence-electron chi connectivity index (χ3n) is 3.78. The van der Waals surface area contributed by atoms with Gasteiger partial charge in [-0.25, -0.2) is 10.2 Å². The number of rotatable bonds is 4. The summed E-state index contributed by atoms with van der Waals surface area (Å²) in [6.45, 7) is 1.83. The van der Waals surface area contributed by atoms with Gasteiger partial charge in [-0.2, -0.15) is 5.10 Å². The zero-order valence-corrected chi connectivity index (χ0v) is 14.0. The van der Waals surface area contributed by atoms with Crippen LogP contribution in [0, 0.1) is 6.92 Å². The van der Waals surface area contributed by atoms with Gasteiger partial charge in [0.1, 0.15) is 5.69 Å². The number of amides is 1. The normalized spacial score (nSPS) is 11.1. The lowest BCUT2D eigenvalue weighted by atomic mass is 10.1. The number of nitrogens with one attached hydrogen (secondary N) is 2. The number of nitrogens with zero attached hydrogens (tertiary/aromatic N) is 1. The number of hydrogen-bond acceptors (Lipinski definition) is 3. The number of carbonyl (C=O) groups is 2. The lowest BCUT2D eigenvalue weighted by Crippen LogP contribution is -2.18. The van der Waals surface area contributed by atoms with Gasteiger partial charge in [0.2, 0.25) is 0 Å². The molecule has 0 aliphatic rings. The molecule has 6 nitrogen and oxygen atoms in total. The van der Waals surface area contributed by atoms with Gasteiger partial charge in [-0.05, 0) is 48.4 Å². The van der Waals surface area contributed by atoms with Crippen molar-refractivity contribution in [3.8, 4) is 0 Å². The smallest absolute Gasteiger partial charge is 0.335 e. The van der Waals surface area contributed by atoms with E-state index in [0.717, 1.165) is 16.5 Å². The summed E-state index contributed by atoms with van der Waals surface area (Å²) in [5, 5.41) is 14.2. The van der Waals surface area contributed by atoms with Gasteiger partial charge in [0.15, 0.2) is 0 Å². The van der Waals surface area contributed by atoms with E-state index in [1.807, 2.05) is 13.0 Å². The van der Waals surface area contributed by atoms with Crippen molar-refractivity contribution in [3.63, 3.8) is 0 Å². The average Bonchev–Trinajstić information content (AvgIpc) is 2.92. The van der Waals surface area contributed by atoms with E-state index in [9.17, 15) is 9.59 Å². The van der Waals surface area contributed by atoms with Crippen LogP contribution in [0.15, 0.2) is 47.6 Å². The molecular weight excluding hydrogens is 342 g/mol. The van der Waals surface area contributed by atoms with Crippen LogP contribution in [0.4, 0.5) is 0 Å². The molecule has 7 heteroatoms. The maximum Gasteiger partial charge on any atom is 0.335 e. The summed E-state index contributed by atoms with van der Waals surface area (Å²) < 4.78 is 0. The van der Waals surface area contributed by atoms with Crippen LogP contribution in [0.2, 0.25) is 5.02 Å². The minimum atomic E-state index is -0.994. The zero-order valence-electron chi connectivity index (χ0n) is 13.2. The largest absolute Gasteiger partial charge is 0.478 e. The molecule has 0 bridgehead atoms. The number of benzene rings is 2. The zero-order chi connectivity index (χ0) is 18.0. The maximum absolute atomic E-state index is 12.3. The van der Waals surface area contributed by atoms with Crippen molar-refractivity contribution in [3.05, 3.63) is 69.9 Å². The first-order valence-corrected chi connectivity index (χ1v) is 7.78. The Labute approximate surface area is 148 Å². The molecule has 3 rings (SSSR count).